The van der Waals surface area contributed by atoms with Crippen LogP contribution in [-0.4, -0.2) is 48.2 Å². The number of hydrogen-bond acceptors (Lipinski definition) is 6. The zero-order chi connectivity index (χ0) is 20.1. The molecule has 2 aromatic rings. The van der Waals surface area contributed by atoms with Crippen molar-refractivity contribution >= 4 is 33.4 Å². The van der Waals surface area contributed by atoms with Gasteiger partial charge in [-0.15, -0.1) is 10.2 Å². The number of nitrogens with one attached hydrogen (secondary N) is 1. The first-order chi connectivity index (χ1) is 14.2. The molecule has 1 unspecified atom stereocenters. The Labute approximate surface area is 175 Å². The van der Waals surface area contributed by atoms with Crippen molar-refractivity contribution in [1.29, 1.82) is 0 Å². The lowest BCUT2D eigenvalue weighted by Crippen LogP contribution is -2.43. The van der Waals surface area contributed by atoms with Crippen molar-refractivity contribution in [1.82, 2.24) is 15.5 Å². The third-order valence-electron chi connectivity index (χ3n) is 5.58. The van der Waals surface area contributed by atoms with Gasteiger partial charge in [-0.2, -0.15) is 0 Å². The van der Waals surface area contributed by atoms with E-state index in [0.29, 0.717) is 24.6 Å². The highest BCUT2D eigenvalue weighted by Crippen LogP contribution is 2.32. The minimum Gasteiger partial charge on any atom is -0.355 e. The average Bonchev–Trinajstić information content (AvgIpc) is 3.25. The summed E-state index contributed by atoms with van der Waals surface area (Å²) < 4.78 is 0. The molecule has 2 saturated heterocycles. The molecule has 8 heteroatoms. The molecule has 29 heavy (non-hydrogen) atoms. The molecule has 1 atom stereocenters. The lowest BCUT2D eigenvalue weighted by Gasteiger charge is -2.31. The third-order valence-corrected chi connectivity index (χ3v) is 6.58. The first kappa shape index (κ1) is 19.8. The van der Waals surface area contributed by atoms with E-state index in [2.05, 4.69) is 32.5 Å². The standard InChI is InChI=1S/C21H27N5O2S/c27-18-10-4-5-14-26(18)21-24-23-20(29-21)25-13-6-9-17(15-25)19(28)22-12-11-16-7-2-1-3-8-16/h1-3,7-8,17H,4-6,9-15H2,(H,22,28). The van der Waals surface area contributed by atoms with Crippen molar-refractivity contribution in [2.24, 2.45) is 5.92 Å². The number of amides is 2. The minimum absolute atomic E-state index is 0.0384. The number of nitrogens with zero attached hydrogens (tertiary/aromatic N) is 4. The van der Waals surface area contributed by atoms with E-state index in [1.165, 1.54) is 16.9 Å². The highest BCUT2D eigenvalue weighted by Gasteiger charge is 2.29. The van der Waals surface area contributed by atoms with Gasteiger partial charge in [0.05, 0.1) is 5.92 Å². The summed E-state index contributed by atoms with van der Waals surface area (Å²) in [6.45, 7) is 2.90. The van der Waals surface area contributed by atoms with Gasteiger partial charge >= 0.3 is 0 Å². The average molecular weight is 414 g/mol. The summed E-state index contributed by atoms with van der Waals surface area (Å²) in [7, 11) is 0. The van der Waals surface area contributed by atoms with Crippen LogP contribution in [0.4, 0.5) is 10.3 Å². The molecule has 0 spiro atoms. The number of rotatable bonds is 6. The Morgan fingerprint density at radius 1 is 1.10 bits per heavy atom. The van der Waals surface area contributed by atoms with Gasteiger partial charge in [0.25, 0.3) is 0 Å². The summed E-state index contributed by atoms with van der Waals surface area (Å²) in [4.78, 5) is 28.7. The van der Waals surface area contributed by atoms with E-state index in [9.17, 15) is 9.59 Å². The Bertz CT molecular complexity index is 841. The molecule has 1 aromatic heterocycles. The summed E-state index contributed by atoms with van der Waals surface area (Å²) in [5.74, 6) is 0.207. The Kier molecular flexibility index (Phi) is 6.39. The fraction of sp³-hybridized carbons (Fsp3) is 0.524. The zero-order valence-corrected chi connectivity index (χ0v) is 17.4. The number of hydrogen-bond donors (Lipinski definition) is 1. The van der Waals surface area contributed by atoms with Gasteiger partial charge in [-0.3, -0.25) is 14.5 Å². The van der Waals surface area contributed by atoms with E-state index < -0.39 is 0 Å². The lowest BCUT2D eigenvalue weighted by atomic mass is 9.97. The Balaban J connectivity index is 1.31. The minimum atomic E-state index is -0.0384. The highest BCUT2D eigenvalue weighted by molar-refractivity contribution is 7.19. The Morgan fingerprint density at radius 2 is 1.93 bits per heavy atom. The van der Waals surface area contributed by atoms with Gasteiger partial charge in [0.2, 0.25) is 22.1 Å². The molecule has 2 fully saturated rings. The fourth-order valence-corrected chi connectivity index (χ4v) is 4.86. The molecule has 1 N–H and O–H groups in total. The molecule has 2 aliphatic rings. The predicted octanol–water partition coefficient (Wildman–Crippen LogP) is 2.63. The lowest BCUT2D eigenvalue weighted by molar-refractivity contribution is -0.125. The van der Waals surface area contributed by atoms with Crippen LogP contribution in [0.25, 0.3) is 0 Å². The van der Waals surface area contributed by atoms with E-state index in [1.54, 1.807) is 4.90 Å². The van der Waals surface area contributed by atoms with Crippen LogP contribution in [0, 0.1) is 5.92 Å². The van der Waals surface area contributed by atoms with Crippen molar-refractivity contribution in [3.63, 3.8) is 0 Å². The molecule has 7 nitrogen and oxygen atoms in total. The van der Waals surface area contributed by atoms with E-state index in [-0.39, 0.29) is 17.7 Å². The number of benzene rings is 1. The van der Waals surface area contributed by atoms with Gasteiger partial charge in [0, 0.05) is 32.6 Å². The zero-order valence-electron chi connectivity index (χ0n) is 16.5. The molecular formula is C21H27N5O2S. The number of piperidine rings is 2. The predicted molar refractivity (Wildman–Crippen MR) is 114 cm³/mol. The molecule has 0 bridgehead atoms. The summed E-state index contributed by atoms with van der Waals surface area (Å²) in [5.41, 5.74) is 1.23. The van der Waals surface area contributed by atoms with Crippen LogP contribution < -0.4 is 15.1 Å². The summed E-state index contributed by atoms with van der Waals surface area (Å²) in [5, 5.41) is 13.1. The third kappa shape index (κ3) is 4.93. The molecule has 2 amide bonds. The van der Waals surface area contributed by atoms with Gasteiger partial charge in [0.1, 0.15) is 0 Å². The summed E-state index contributed by atoms with van der Waals surface area (Å²) in [6.07, 6.45) is 5.23. The van der Waals surface area contributed by atoms with E-state index in [4.69, 9.17) is 0 Å². The van der Waals surface area contributed by atoms with Crippen LogP contribution in [0.5, 0.6) is 0 Å². The maximum atomic E-state index is 12.6. The van der Waals surface area contributed by atoms with Crippen LogP contribution >= 0.6 is 11.3 Å². The van der Waals surface area contributed by atoms with Crippen LogP contribution in [0.3, 0.4) is 0 Å². The van der Waals surface area contributed by atoms with Crippen molar-refractivity contribution in [2.75, 3.05) is 36.0 Å². The summed E-state index contributed by atoms with van der Waals surface area (Å²) >= 11 is 1.46. The summed E-state index contributed by atoms with van der Waals surface area (Å²) in [6, 6.07) is 10.2. The van der Waals surface area contributed by atoms with Crippen LogP contribution in [0.15, 0.2) is 30.3 Å². The van der Waals surface area contributed by atoms with Crippen LogP contribution in [-0.2, 0) is 16.0 Å². The van der Waals surface area contributed by atoms with Gasteiger partial charge in [-0.25, -0.2) is 0 Å². The van der Waals surface area contributed by atoms with Crippen LogP contribution in [0.1, 0.15) is 37.7 Å². The van der Waals surface area contributed by atoms with E-state index >= 15 is 0 Å². The quantitative estimate of drug-likeness (QED) is 0.788. The fourth-order valence-electron chi connectivity index (χ4n) is 3.94. The smallest absolute Gasteiger partial charge is 0.228 e. The molecule has 154 valence electrons. The molecule has 3 heterocycles. The Morgan fingerprint density at radius 3 is 2.76 bits per heavy atom. The SMILES string of the molecule is O=C(NCCc1ccccc1)C1CCCN(c2nnc(N3CCCCC3=O)s2)C1. The van der Waals surface area contributed by atoms with Gasteiger partial charge in [0.15, 0.2) is 0 Å². The van der Waals surface area contributed by atoms with Crippen LogP contribution in [0.2, 0.25) is 0 Å². The van der Waals surface area contributed by atoms with Crippen molar-refractivity contribution < 1.29 is 9.59 Å². The number of carbonyl (C=O) groups is 2. The Hall–Kier alpha value is -2.48. The maximum Gasteiger partial charge on any atom is 0.228 e. The topological polar surface area (TPSA) is 78.4 Å². The molecular weight excluding hydrogens is 386 g/mol. The van der Waals surface area contributed by atoms with E-state index in [1.807, 2.05) is 18.2 Å². The number of anilines is 2. The number of carbonyl (C=O) groups excluding carboxylic acids is 2. The van der Waals surface area contributed by atoms with E-state index in [0.717, 1.165) is 50.3 Å². The molecule has 2 aliphatic heterocycles. The molecule has 4 rings (SSSR count). The number of aromatic nitrogens is 2. The second kappa shape index (κ2) is 9.35. The monoisotopic (exact) mass is 413 g/mol. The largest absolute Gasteiger partial charge is 0.355 e. The molecule has 0 radical (unpaired) electrons. The van der Waals surface area contributed by atoms with Crippen molar-refractivity contribution in [2.45, 2.75) is 38.5 Å². The molecule has 1 aromatic carbocycles. The second-order valence-electron chi connectivity index (χ2n) is 7.68. The van der Waals surface area contributed by atoms with Crippen molar-refractivity contribution in [3.8, 4) is 0 Å². The highest BCUT2D eigenvalue weighted by atomic mass is 32.1. The first-order valence-corrected chi connectivity index (χ1v) is 11.2. The van der Waals surface area contributed by atoms with Gasteiger partial charge in [-0.1, -0.05) is 41.7 Å². The normalized spacial score (nSPS) is 20.0. The van der Waals surface area contributed by atoms with Gasteiger partial charge in [-0.05, 0) is 37.7 Å². The second-order valence-corrected chi connectivity index (χ2v) is 8.62. The maximum absolute atomic E-state index is 12.6. The van der Waals surface area contributed by atoms with Crippen molar-refractivity contribution in [3.05, 3.63) is 35.9 Å². The van der Waals surface area contributed by atoms with Gasteiger partial charge < -0.3 is 10.2 Å². The molecule has 0 aliphatic carbocycles. The first-order valence-electron chi connectivity index (χ1n) is 10.4. The molecule has 0 saturated carbocycles.